The SMILES string of the molecule is CCCN1c2cc(-c3cc(NC(=O)c4cccc(C(F)(F)F)c4)cnc3C)cnc2CC(CC)C1(C)CC. The number of benzene rings is 1. The smallest absolute Gasteiger partial charge is 0.364 e. The first-order valence-corrected chi connectivity index (χ1v) is 13.2. The van der Waals surface area contributed by atoms with Crippen LogP contribution in [0.4, 0.5) is 24.5 Å². The molecule has 1 aromatic carbocycles. The number of rotatable bonds is 7. The highest BCUT2D eigenvalue weighted by atomic mass is 19.4. The molecule has 0 aliphatic carbocycles. The van der Waals surface area contributed by atoms with Gasteiger partial charge in [0.15, 0.2) is 0 Å². The zero-order valence-electron chi connectivity index (χ0n) is 22.6. The van der Waals surface area contributed by atoms with Crippen LogP contribution in [0.15, 0.2) is 48.8 Å². The van der Waals surface area contributed by atoms with E-state index in [1.54, 1.807) is 6.07 Å². The highest BCUT2D eigenvalue weighted by Crippen LogP contribution is 2.44. The lowest BCUT2D eigenvalue weighted by Gasteiger charge is -2.51. The van der Waals surface area contributed by atoms with Crippen molar-refractivity contribution < 1.29 is 18.0 Å². The fourth-order valence-electron chi connectivity index (χ4n) is 5.57. The number of carbonyl (C=O) groups is 1. The third kappa shape index (κ3) is 5.26. The number of carbonyl (C=O) groups excluding carboxylic acids is 1. The number of halogens is 3. The van der Waals surface area contributed by atoms with Crippen LogP contribution in [0.1, 0.15) is 74.3 Å². The third-order valence-corrected chi connectivity index (χ3v) is 7.94. The molecule has 3 aromatic rings. The maximum absolute atomic E-state index is 13.1. The summed E-state index contributed by atoms with van der Waals surface area (Å²) in [6, 6.07) is 8.35. The molecule has 0 fully saturated rings. The van der Waals surface area contributed by atoms with Gasteiger partial charge in [-0.15, -0.1) is 0 Å². The van der Waals surface area contributed by atoms with E-state index in [1.807, 2.05) is 13.1 Å². The van der Waals surface area contributed by atoms with E-state index in [0.717, 1.165) is 72.6 Å². The lowest BCUT2D eigenvalue weighted by atomic mass is 9.73. The van der Waals surface area contributed by atoms with Crippen molar-refractivity contribution in [3.63, 3.8) is 0 Å². The fraction of sp³-hybridized carbons (Fsp3) is 0.433. The van der Waals surface area contributed by atoms with Gasteiger partial charge in [-0.25, -0.2) is 0 Å². The van der Waals surface area contributed by atoms with Gasteiger partial charge >= 0.3 is 6.18 Å². The number of nitrogens with one attached hydrogen (secondary N) is 1. The number of aromatic nitrogens is 2. The molecule has 0 saturated carbocycles. The first-order valence-electron chi connectivity index (χ1n) is 13.2. The van der Waals surface area contributed by atoms with E-state index in [2.05, 4.69) is 49.0 Å². The molecule has 2 aromatic heterocycles. The predicted molar refractivity (Wildman–Crippen MR) is 145 cm³/mol. The number of alkyl halides is 3. The number of amides is 1. The summed E-state index contributed by atoms with van der Waals surface area (Å²) in [5.41, 5.74) is 4.20. The zero-order chi connectivity index (χ0) is 27.7. The molecule has 0 radical (unpaired) electrons. The van der Waals surface area contributed by atoms with Crippen LogP contribution in [0.25, 0.3) is 11.1 Å². The fourth-order valence-corrected chi connectivity index (χ4v) is 5.57. The Morgan fingerprint density at radius 1 is 1.13 bits per heavy atom. The summed E-state index contributed by atoms with van der Waals surface area (Å²) in [5, 5.41) is 2.70. The molecule has 0 bridgehead atoms. The molecule has 38 heavy (non-hydrogen) atoms. The minimum Gasteiger partial charge on any atom is -0.364 e. The lowest BCUT2D eigenvalue weighted by Crippen LogP contribution is -2.55. The van der Waals surface area contributed by atoms with Crippen LogP contribution in [0.5, 0.6) is 0 Å². The average molecular weight is 525 g/mol. The first-order chi connectivity index (χ1) is 18.0. The van der Waals surface area contributed by atoms with Crippen LogP contribution in [0.3, 0.4) is 0 Å². The Hall–Kier alpha value is -3.42. The van der Waals surface area contributed by atoms with Gasteiger partial charge in [0.1, 0.15) is 0 Å². The molecule has 0 saturated heterocycles. The van der Waals surface area contributed by atoms with E-state index in [1.165, 1.54) is 18.3 Å². The van der Waals surface area contributed by atoms with Crippen LogP contribution in [-0.2, 0) is 12.6 Å². The van der Waals surface area contributed by atoms with E-state index < -0.39 is 17.6 Å². The third-order valence-electron chi connectivity index (χ3n) is 7.94. The van der Waals surface area contributed by atoms with Gasteiger partial charge in [-0.2, -0.15) is 13.2 Å². The molecule has 1 aliphatic rings. The number of anilines is 2. The molecular weight excluding hydrogens is 489 g/mol. The van der Waals surface area contributed by atoms with Crippen molar-refractivity contribution in [2.24, 2.45) is 5.92 Å². The highest BCUT2D eigenvalue weighted by Gasteiger charge is 2.42. The van der Waals surface area contributed by atoms with Crippen molar-refractivity contribution in [2.45, 2.75) is 72.0 Å². The van der Waals surface area contributed by atoms with Crippen molar-refractivity contribution in [3.8, 4) is 11.1 Å². The summed E-state index contributed by atoms with van der Waals surface area (Å²) < 4.78 is 39.3. The number of hydrogen-bond donors (Lipinski definition) is 1. The Labute approximate surface area is 222 Å². The molecule has 4 rings (SSSR count). The van der Waals surface area contributed by atoms with Crippen molar-refractivity contribution in [1.82, 2.24) is 9.97 Å². The van der Waals surface area contributed by atoms with Gasteiger partial charge in [0.2, 0.25) is 0 Å². The highest BCUT2D eigenvalue weighted by molar-refractivity contribution is 6.04. The molecule has 0 spiro atoms. The normalized spacial score (nSPS) is 19.3. The van der Waals surface area contributed by atoms with Crippen molar-refractivity contribution in [2.75, 3.05) is 16.8 Å². The van der Waals surface area contributed by atoms with Crippen LogP contribution in [0.2, 0.25) is 0 Å². The van der Waals surface area contributed by atoms with Gasteiger partial charge in [0.05, 0.1) is 28.8 Å². The van der Waals surface area contributed by atoms with Gasteiger partial charge < -0.3 is 10.2 Å². The molecule has 8 heteroatoms. The van der Waals surface area contributed by atoms with E-state index in [-0.39, 0.29) is 11.1 Å². The molecule has 202 valence electrons. The molecule has 1 amide bonds. The van der Waals surface area contributed by atoms with Crippen LogP contribution in [0, 0.1) is 12.8 Å². The summed E-state index contributed by atoms with van der Waals surface area (Å²) in [7, 11) is 0. The molecular formula is C30H35F3N4O. The summed E-state index contributed by atoms with van der Waals surface area (Å²) in [6.45, 7) is 11.9. The topological polar surface area (TPSA) is 58.1 Å². The minimum atomic E-state index is -4.52. The standard InChI is InChI=1S/C30H35F3N4O/c1-6-12-37-27-14-21(17-35-26(27)15-22(7-2)29(37,5)8-3)25-16-24(18-34-19(25)4)36-28(38)20-10-9-11-23(13-20)30(31,32)33/h9-11,13-14,16-18,22H,6-8,12,15H2,1-5H3,(H,36,38). The maximum Gasteiger partial charge on any atom is 0.416 e. The number of pyridine rings is 2. The van der Waals surface area contributed by atoms with Gasteiger partial charge in [0, 0.05) is 40.7 Å². The Morgan fingerprint density at radius 3 is 2.55 bits per heavy atom. The average Bonchev–Trinajstić information content (AvgIpc) is 2.90. The van der Waals surface area contributed by atoms with Crippen LogP contribution >= 0.6 is 0 Å². The second-order valence-corrected chi connectivity index (χ2v) is 10.3. The van der Waals surface area contributed by atoms with E-state index in [4.69, 9.17) is 4.98 Å². The minimum absolute atomic E-state index is 0.0339. The number of fused-ring (bicyclic) bond motifs is 1. The Morgan fingerprint density at radius 2 is 1.89 bits per heavy atom. The molecule has 1 aliphatic heterocycles. The Balaban J connectivity index is 1.68. The van der Waals surface area contributed by atoms with Crippen molar-refractivity contribution >= 4 is 17.3 Å². The number of hydrogen-bond acceptors (Lipinski definition) is 4. The molecule has 2 unspecified atom stereocenters. The zero-order valence-corrected chi connectivity index (χ0v) is 22.6. The van der Waals surface area contributed by atoms with Gasteiger partial charge in [0.25, 0.3) is 5.91 Å². The number of nitrogens with zero attached hydrogens (tertiary/aromatic N) is 3. The quantitative estimate of drug-likeness (QED) is 0.344. The summed E-state index contributed by atoms with van der Waals surface area (Å²) in [5.74, 6) is -0.114. The Kier molecular flexibility index (Phi) is 7.81. The summed E-state index contributed by atoms with van der Waals surface area (Å²) >= 11 is 0. The second kappa shape index (κ2) is 10.8. The number of aryl methyl sites for hydroxylation is 1. The van der Waals surface area contributed by atoms with Crippen molar-refractivity contribution in [1.29, 1.82) is 0 Å². The van der Waals surface area contributed by atoms with Gasteiger partial charge in [-0.1, -0.05) is 33.3 Å². The van der Waals surface area contributed by atoms with Crippen molar-refractivity contribution in [3.05, 3.63) is 71.3 Å². The summed E-state index contributed by atoms with van der Waals surface area (Å²) in [4.78, 5) is 24.6. The Bertz CT molecular complexity index is 1320. The summed E-state index contributed by atoms with van der Waals surface area (Å²) in [6.07, 6.45) is 2.92. The van der Waals surface area contributed by atoms with Crippen LogP contribution < -0.4 is 10.2 Å². The lowest BCUT2D eigenvalue weighted by molar-refractivity contribution is -0.137. The predicted octanol–water partition coefficient (Wildman–Crippen LogP) is 7.69. The first kappa shape index (κ1) is 27.6. The largest absolute Gasteiger partial charge is 0.416 e. The van der Waals surface area contributed by atoms with E-state index in [0.29, 0.717) is 11.6 Å². The molecule has 2 atom stereocenters. The molecule has 5 nitrogen and oxygen atoms in total. The molecule has 1 N–H and O–H groups in total. The molecule has 3 heterocycles. The van der Waals surface area contributed by atoms with Gasteiger partial charge in [-0.05, 0) is 69.4 Å². The van der Waals surface area contributed by atoms with Crippen LogP contribution in [-0.4, -0.2) is 28.0 Å². The maximum atomic E-state index is 13.1. The van der Waals surface area contributed by atoms with Gasteiger partial charge in [-0.3, -0.25) is 14.8 Å². The second-order valence-electron chi connectivity index (χ2n) is 10.3. The monoisotopic (exact) mass is 524 g/mol. The van der Waals surface area contributed by atoms with E-state index >= 15 is 0 Å². The van der Waals surface area contributed by atoms with E-state index in [9.17, 15) is 18.0 Å².